The molecule has 1 fully saturated rings. The Morgan fingerprint density at radius 1 is 1.63 bits per heavy atom. The molecule has 1 aliphatic rings. The Hall–Kier alpha value is -1.89. The van der Waals surface area contributed by atoms with Crippen molar-refractivity contribution in [2.24, 2.45) is 5.92 Å². The third-order valence-corrected chi connectivity index (χ3v) is 3.32. The van der Waals surface area contributed by atoms with Gasteiger partial charge in [0.2, 0.25) is 5.76 Å². The van der Waals surface area contributed by atoms with Gasteiger partial charge in [0.25, 0.3) is 5.91 Å². The molecule has 0 spiro atoms. The molecule has 2 rings (SSSR count). The summed E-state index contributed by atoms with van der Waals surface area (Å²) in [5.74, 6) is -1.52. The van der Waals surface area contributed by atoms with E-state index in [-0.39, 0.29) is 11.5 Å². The first kappa shape index (κ1) is 13.5. The lowest BCUT2D eigenvalue weighted by molar-refractivity contribution is 0.0651. The van der Waals surface area contributed by atoms with Crippen LogP contribution in [0.5, 0.6) is 0 Å². The van der Waals surface area contributed by atoms with Crippen LogP contribution >= 0.6 is 0 Å². The van der Waals surface area contributed by atoms with E-state index in [2.05, 4.69) is 26.8 Å². The molecule has 1 amide bonds. The normalized spacial score (nSPS) is 19.5. The third kappa shape index (κ3) is 3.31. The molecule has 1 saturated heterocycles. The number of nitrogens with one attached hydrogen (secondary N) is 1. The highest BCUT2D eigenvalue weighted by Crippen LogP contribution is 2.14. The number of carbonyl (C=O) groups is 2. The third-order valence-electron chi connectivity index (χ3n) is 3.32. The van der Waals surface area contributed by atoms with Gasteiger partial charge in [-0.05, 0) is 25.4 Å². The summed E-state index contributed by atoms with van der Waals surface area (Å²) in [6.07, 6.45) is 1.06. The first-order valence-corrected chi connectivity index (χ1v) is 6.30. The Balaban J connectivity index is 1.82. The maximum absolute atomic E-state index is 11.7. The number of hydrogen-bond donors (Lipinski definition) is 2. The molecule has 19 heavy (non-hydrogen) atoms. The molecule has 0 aromatic carbocycles. The Morgan fingerprint density at radius 3 is 3.00 bits per heavy atom. The van der Waals surface area contributed by atoms with Gasteiger partial charge in [0, 0.05) is 19.2 Å². The van der Waals surface area contributed by atoms with Crippen LogP contribution in [0.3, 0.4) is 0 Å². The monoisotopic (exact) mass is 267 g/mol. The first-order chi connectivity index (χ1) is 9.10. The number of nitrogens with zero attached hydrogens (tertiary/aromatic N) is 2. The van der Waals surface area contributed by atoms with Gasteiger partial charge in [-0.1, -0.05) is 12.1 Å². The quantitative estimate of drug-likeness (QED) is 0.804. The molecule has 7 nitrogen and oxygen atoms in total. The summed E-state index contributed by atoms with van der Waals surface area (Å²) in [5, 5.41) is 14.9. The largest absolute Gasteiger partial charge is 0.475 e. The number of hydrogen-bond acceptors (Lipinski definition) is 5. The van der Waals surface area contributed by atoms with Crippen LogP contribution in [0.1, 0.15) is 34.4 Å². The van der Waals surface area contributed by atoms with Gasteiger partial charge in [0.05, 0.1) is 0 Å². The van der Waals surface area contributed by atoms with Gasteiger partial charge in [-0.2, -0.15) is 0 Å². The predicted octanol–water partition coefficient (Wildman–Crippen LogP) is 0.444. The summed E-state index contributed by atoms with van der Waals surface area (Å²) in [6.45, 7) is 5.75. The summed E-state index contributed by atoms with van der Waals surface area (Å²) < 4.78 is 4.53. The average molecular weight is 267 g/mol. The molecule has 1 atom stereocenters. The molecule has 104 valence electrons. The number of rotatable bonds is 5. The second-order valence-electron chi connectivity index (χ2n) is 4.64. The number of carbonyl (C=O) groups excluding carboxylic acids is 1. The fourth-order valence-corrected chi connectivity index (χ4v) is 2.18. The molecular formula is C12H17N3O4. The van der Waals surface area contributed by atoms with Crippen molar-refractivity contribution < 1.29 is 19.2 Å². The molecule has 1 aromatic heterocycles. The lowest BCUT2D eigenvalue weighted by Crippen LogP contribution is -2.31. The second-order valence-corrected chi connectivity index (χ2v) is 4.64. The van der Waals surface area contributed by atoms with Gasteiger partial charge in [0.1, 0.15) is 0 Å². The van der Waals surface area contributed by atoms with Crippen molar-refractivity contribution in [2.75, 3.05) is 26.2 Å². The van der Waals surface area contributed by atoms with Crippen molar-refractivity contribution in [2.45, 2.75) is 13.3 Å². The molecule has 1 unspecified atom stereocenters. The standard InChI is InChI=1S/C12H17N3O4/c1-2-15-4-3-8(7-15)6-13-11(16)9-5-10(12(17)18)19-14-9/h5,8H,2-4,6-7H2,1H3,(H,13,16)(H,17,18). The van der Waals surface area contributed by atoms with Crippen molar-refractivity contribution in [1.29, 1.82) is 0 Å². The topological polar surface area (TPSA) is 95.7 Å². The molecule has 2 heterocycles. The Bertz CT molecular complexity index is 471. The SMILES string of the molecule is CCN1CCC(CNC(=O)c2cc(C(=O)O)on2)C1. The van der Waals surface area contributed by atoms with Crippen LogP contribution in [0.25, 0.3) is 0 Å². The Labute approximate surface area is 110 Å². The summed E-state index contributed by atoms with van der Waals surface area (Å²) in [6, 6.07) is 1.13. The van der Waals surface area contributed by atoms with Crippen molar-refractivity contribution in [1.82, 2.24) is 15.4 Å². The van der Waals surface area contributed by atoms with Crippen LogP contribution in [0.15, 0.2) is 10.6 Å². The Morgan fingerprint density at radius 2 is 2.42 bits per heavy atom. The maximum Gasteiger partial charge on any atom is 0.374 e. The van der Waals surface area contributed by atoms with Crippen LogP contribution < -0.4 is 5.32 Å². The van der Waals surface area contributed by atoms with E-state index >= 15 is 0 Å². The van der Waals surface area contributed by atoms with Crippen LogP contribution in [-0.2, 0) is 0 Å². The number of carboxylic acids is 1. The molecule has 1 aliphatic heterocycles. The van der Waals surface area contributed by atoms with Crippen LogP contribution in [0.4, 0.5) is 0 Å². The number of carboxylic acid groups (broad SMARTS) is 1. The fraction of sp³-hybridized carbons (Fsp3) is 0.583. The first-order valence-electron chi connectivity index (χ1n) is 6.30. The zero-order chi connectivity index (χ0) is 13.8. The van der Waals surface area contributed by atoms with E-state index < -0.39 is 11.9 Å². The van der Waals surface area contributed by atoms with Gasteiger partial charge in [-0.15, -0.1) is 0 Å². The van der Waals surface area contributed by atoms with Crippen molar-refractivity contribution in [3.63, 3.8) is 0 Å². The molecule has 2 N–H and O–H groups in total. The predicted molar refractivity (Wildman–Crippen MR) is 66.0 cm³/mol. The average Bonchev–Trinajstić information content (AvgIpc) is 3.04. The number of likely N-dealkylation sites (tertiary alicyclic amines) is 1. The lowest BCUT2D eigenvalue weighted by Gasteiger charge is -2.13. The molecule has 0 radical (unpaired) electrons. The second kappa shape index (κ2) is 5.83. The zero-order valence-corrected chi connectivity index (χ0v) is 10.8. The minimum absolute atomic E-state index is 0.00254. The minimum Gasteiger partial charge on any atom is -0.475 e. The molecule has 1 aromatic rings. The van der Waals surface area contributed by atoms with E-state index in [1.54, 1.807) is 0 Å². The molecule has 0 aliphatic carbocycles. The molecule has 0 saturated carbocycles. The van der Waals surface area contributed by atoms with Crippen LogP contribution in [0, 0.1) is 5.92 Å². The summed E-state index contributed by atoms with van der Waals surface area (Å²) in [5.41, 5.74) is 0.00254. The van der Waals surface area contributed by atoms with E-state index in [0.717, 1.165) is 32.1 Å². The van der Waals surface area contributed by atoms with E-state index in [1.807, 2.05) is 0 Å². The van der Waals surface area contributed by atoms with Crippen molar-refractivity contribution in [3.8, 4) is 0 Å². The molecule has 7 heteroatoms. The number of amides is 1. The van der Waals surface area contributed by atoms with E-state index in [4.69, 9.17) is 5.11 Å². The van der Waals surface area contributed by atoms with Gasteiger partial charge in [0.15, 0.2) is 5.69 Å². The van der Waals surface area contributed by atoms with Crippen LogP contribution in [-0.4, -0.2) is 53.2 Å². The van der Waals surface area contributed by atoms with E-state index in [1.165, 1.54) is 0 Å². The summed E-state index contributed by atoms with van der Waals surface area (Å²) in [7, 11) is 0. The number of aromatic carboxylic acids is 1. The fourth-order valence-electron chi connectivity index (χ4n) is 2.18. The van der Waals surface area contributed by atoms with Gasteiger partial charge in [-0.3, -0.25) is 4.79 Å². The van der Waals surface area contributed by atoms with E-state index in [0.29, 0.717) is 12.5 Å². The summed E-state index contributed by atoms with van der Waals surface area (Å²) >= 11 is 0. The van der Waals surface area contributed by atoms with Crippen molar-refractivity contribution >= 4 is 11.9 Å². The van der Waals surface area contributed by atoms with E-state index in [9.17, 15) is 9.59 Å². The van der Waals surface area contributed by atoms with Gasteiger partial charge in [-0.25, -0.2) is 4.79 Å². The highest BCUT2D eigenvalue weighted by Gasteiger charge is 2.22. The maximum atomic E-state index is 11.7. The van der Waals surface area contributed by atoms with Gasteiger partial charge < -0.3 is 19.8 Å². The molecule has 0 bridgehead atoms. The highest BCUT2D eigenvalue weighted by atomic mass is 16.5. The molecular weight excluding hydrogens is 250 g/mol. The van der Waals surface area contributed by atoms with Crippen LogP contribution in [0.2, 0.25) is 0 Å². The highest BCUT2D eigenvalue weighted by molar-refractivity contribution is 5.94. The van der Waals surface area contributed by atoms with Crippen molar-refractivity contribution in [3.05, 3.63) is 17.5 Å². The minimum atomic E-state index is -1.24. The summed E-state index contributed by atoms with van der Waals surface area (Å²) in [4.78, 5) is 24.7. The Kier molecular flexibility index (Phi) is 4.16. The zero-order valence-electron chi connectivity index (χ0n) is 10.8. The smallest absolute Gasteiger partial charge is 0.374 e. The number of aromatic nitrogens is 1. The lowest BCUT2D eigenvalue weighted by atomic mass is 10.1. The van der Waals surface area contributed by atoms with Gasteiger partial charge >= 0.3 is 5.97 Å².